The van der Waals surface area contributed by atoms with Crippen molar-refractivity contribution >= 4 is 15.9 Å². The van der Waals surface area contributed by atoms with Crippen molar-refractivity contribution in [3.8, 4) is 0 Å². The number of hydrogen-bond donors (Lipinski definition) is 1. The highest BCUT2D eigenvalue weighted by atomic mass is 32.2. The molecule has 0 bridgehead atoms. The predicted octanol–water partition coefficient (Wildman–Crippen LogP) is 1.99. The number of nitrogens with one attached hydrogen (secondary N) is 1. The van der Waals surface area contributed by atoms with E-state index in [2.05, 4.69) is 5.32 Å². The third-order valence-electron chi connectivity index (χ3n) is 3.92. The summed E-state index contributed by atoms with van der Waals surface area (Å²) in [6.45, 7) is 0.710. The van der Waals surface area contributed by atoms with Gasteiger partial charge in [0.05, 0.1) is 12.7 Å². The van der Waals surface area contributed by atoms with Gasteiger partial charge in [0, 0.05) is 19.6 Å². The fraction of sp³-hybridized carbons (Fsp3) is 0.316. The smallest absolute Gasteiger partial charge is 0.224 e. The molecule has 2 aromatic carbocycles. The Morgan fingerprint density at radius 1 is 1.00 bits per heavy atom. The van der Waals surface area contributed by atoms with Gasteiger partial charge < -0.3 is 5.32 Å². The zero-order chi connectivity index (χ0) is 19.0. The normalized spacial score (nSPS) is 11.5. The van der Waals surface area contributed by atoms with Crippen LogP contribution in [0.2, 0.25) is 0 Å². The number of sulfonamides is 1. The Hall–Kier alpha value is -2.25. The fourth-order valence-corrected chi connectivity index (χ4v) is 3.36. The van der Waals surface area contributed by atoms with Gasteiger partial charge in [-0.3, -0.25) is 4.79 Å². The quantitative estimate of drug-likeness (QED) is 0.726. The van der Waals surface area contributed by atoms with E-state index in [-0.39, 0.29) is 37.8 Å². The van der Waals surface area contributed by atoms with Crippen LogP contribution in [-0.2, 0) is 27.7 Å². The van der Waals surface area contributed by atoms with Crippen LogP contribution < -0.4 is 5.32 Å². The van der Waals surface area contributed by atoms with Crippen LogP contribution in [0.1, 0.15) is 11.1 Å². The number of rotatable bonds is 9. The van der Waals surface area contributed by atoms with E-state index in [9.17, 15) is 17.6 Å². The van der Waals surface area contributed by atoms with E-state index < -0.39 is 10.0 Å². The van der Waals surface area contributed by atoms with Crippen molar-refractivity contribution < 1.29 is 17.6 Å². The van der Waals surface area contributed by atoms with Gasteiger partial charge in [-0.1, -0.05) is 42.5 Å². The Kier molecular flexibility index (Phi) is 7.29. The molecule has 0 fully saturated rings. The molecular formula is C19H23FN2O3S. The average Bonchev–Trinajstić information content (AvgIpc) is 2.59. The van der Waals surface area contributed by atoms with E-state index in [1.165, 1.54) is 16.4 Å². The topological polar surface area (TPSA) is 66.5 Å². The summed E-state index contributed by atoms with van der Waals surface area (Å²) < 4.78 is 38.1. The van der Waals surface area contributed by atoms with Crippen LogP contribution in [-0.4, -0.2) is 44.5 Å². The van der Waals surface area contributed by atoms with Crippen molar-refractivity contribution in [1.29, 1.82) is 0 Å². The second-order valence-corrected chi connectivity index (χ2v) is 8.03. The predicted molar refractivity (Wildman–Crippen MR) is 99.7 cm³/mol. The van der Waals surface area contributed by atoms with Gasteiger partial charge in [0.2, 0.25) is 15.9 Å². The fourth-order valence-electron chi connectivity index (χ4n) is 2.51. The number of nitrogens with zero attached hydrogens (tertiary/aromatic N) is 1. The molecule has 1 amide bonds. The van der Waals surface area contributed by atoms with E-state index in [1.807, 2.05) is 30.3 Å². The molecule has 0 atom stereocenters. The van der Waals surface area contributed by atoms with Gasteiger partial charge in [-0.05, 0) is 29.7 Å². The number of halogens is 1. The van der Waals surface area contributed by atoms with Crippen LogP contribution in [0.5, 0.6) is 0 Å². The Morgan fingerprint density at radius 3 is 2.27 bits per heavy atom. The SMILES string of the molecule is CS(=O)(=O)N(CCNC(=O)Cc1ccccc1)CCc1ccc(F)cc1. The molecule has 0 heterocycles. The van der Waals surface area contributed by atoms with Gasteiger partial charge in [-0.15, -0.1) is 0 Å². The third kappa shape index (κ3) is 6.93. The Balaban J connectivity index is 1.82. The second-order valence-electron chi connectivity index (χ2n) is 6.05. The molecule has 26 heavy (non-hydrogen) atoms. The van der Waals surface area contributed by atoms with Gasteiger partial charge in [0.25, 0.3) is 0 Å². The highest BCUT2D eigenvalue weighted by Crippen LogP contribution is 2.06. The zero-order valence-electron chi connectivity index (χ0n) is 14.7. The van der Waals surface area contributed by atoms with E-state index in [0.717, 1.165) is 17.4 Å². The largest absolute Gasteiger partial charge is 0.354 e. The molecule has 0 spiro atoms. The first-order valence-corrected chi connectivity index (χ1v) is 10.2. The molecule has 0 aliphatic carbocycles. The molecule has 0 saturated carbocycles. The summed E-state index contributed by atoms with van der Waals surface area (Å²) in [5, 5.41) is 2.74. The lowest BCUT2D eigenvalue weighted by Crippen LogP contribution is -2.39. The number of hydrogen-bond acceptors (Lipinski definition) is 3. The number of benzene rings is 2. The van der Waals surface area contributed by atoms with Gasteiger partial charge in [-0.25, -0.2) is 17.1 Å². The molecule has 2 rings (SSSR count). The summed E-state index contributed by atoms with van der Waals surface area (Å²) in [5.74, 6) is -0.474. The highest BCUT2D eigenvalue weighted by Gasteiger charge is 2.16. The van der Waals surface area contributed by atoms with E-state index in [1.54, 1.807) is 12.1 Å². The molecule has 0 aliphatic heterocycles. The number of carbonyl (C=O) groups is 1. The minimum absolute atomic E-state index is 0.150. The molecule has 1 N–H and O–H groups in total. The van der Waals surface area contributed by atoms with E-state index >= 15 is 0 Å². The molecule has 0 unspecified atom stereocenters. The van der Waals surface area contributed by atoms with Crippen molar-refractivity contribution in [2.45, 2.75) is 12.8 Å². The van der Waals surface area contributed by atoms with Crippen molar-refractivity contribution in [3.63, 3.8) is 0 Å². The second kappa shape index (κ2) is 9.45. The van der Waals surface area contributed by atoms with Crippen LogP contribution >= 0.6 is 0 Å². The minimum Gasteiger partial charge on any atom is -0.354 e. The van der Waals surface area contributed by atoms with Gasteiger partial charge in [0.15, 0.2) is 0 Å². The van der Waals surface area contributed by atoms with E-state index in [4.69, 9.17) is 0 Å². The van der Waals surface area contributed by atoms with E-state index in [0.29, 0.717) is 6.42 Å². The molecule has 2 aromatic rings. The first kappa shape index (κ1) is 20.1. The maximum Gasteiger partial charge on any atom is 0.224 e. The lowest BCUT2D eigenvalue weighted by molar-refractivity contribution is -0.120. The monoisotopic (exact) mass is 378 g/mol. The molecule has 0 radical (unpaired) electrons. The maximum atomic E-state index is 12.9. The van der Waals surface area contributed by atoms with Gasteiger partial charge in [-0.2, -0.15) is 0 Å². The summed E-state index contributed by atoms with van der Waals surface area (Å²) in [6.07, 6.45) is 1.88. The van der Waals surface area contributed by atoms with Crippen molar-refractivity contribution in [1.82, 2.24) is 9.62 Å². The molecule has 7 heteroatoms. The zero-order valence-corrected chi connectivity index (χ0v) is 15.5. The summed E-state index contributed by atoms with van der Waals surface area (Å²) in [5.41, 5.74) is 1.76. The molecule has 0 saturated heterocycles. The van der Waals surface area contributed by atoms with Crippen LogP contribution in [0.25, 0.3) is 0 Å². The summed E-state index contributed by atoms with van der Waals surface area (Å²) in [6, 6.07) is 15.3. The molecule has 0 aliphatic rings. The standard InChI is InChI=1S/C19H23FN2O3S/c1-26(24,25)22(13-11-16-7-9-18(20)10-8-16)14-12-21-19(23)15-17-5-3-2-4-6-17/h2-10H,11-15H2,1H3,(H,21,23). The molecular weight excluding hydrogens is 355 g/mol. The van der Waals surface area contributed by atoms with Crippen molar-refractivity contribution in [2.24, 2.45) is 0 Å². The van der Waals surface area contributed by atoms with Crippen LogP contribution in [0.15, 0.2) is 54.6 Å². The lowest BCUT2D eigenvalue weighted by Gasteiger charge is -2.20. The minimum atomic E-state index is -3.39. The van der Waals surface area contributed by atoms with Crippen molar-refractivity contribution in [3.05, 3.63) is 71.5 Å². The maximum absolute atomic E-state index is 12.9. The van der Waals surface area contributed by atoms with Gasteiger partial charge >= 0.3 is 0 Å². The summed E-state index contributed by atoms with van der Waals surface area (Å²) in [4.78, 5) is 11.9. The Bertz CT molecular complexity index is 808. The lowest BCUT2D eigenvalue weighted by atomic mass is 10.1. The molecule has 0 aromatic heterocycles. The summed E-state index contributed by atoms with van der Waals surface area (Å²) >= 11 is 0. The molecule has 5 nitrogen and oxygen atoms in total. The average molecular weight is 378 g/mol. The Morgan fingerprint density at radius 2 is 1.65 bits per heavy atom. The first-order valence-electron chi connectivity index (χ1n) is 8.35. The Labute approximate surface area is 153 Å². The van der Waals surface area contributed by atoms with Crippen LogP contribution in [0, 0.1) is 5.82 Å². The highest BCUT2D eigenvalue weighted by molar-refractivity contribution is 7.88. The van der Waals surface area contributed by atoms with Crippen LogP contribution in [0.3, 0.4) is 0 Å². The molecule has 140 valence electrons. The number of carbonyl (C=O) groups excluding carboxylic acids is 1. The van der Waals surface area contributed by atoms with Gasteiger partial charge in [0.1, 0.15) is 5.82 Å². The number of amides is 1. The third-order valence-corrected chi connectivity index (χ3v) is 5.23. The first-order chi connectivity index (χ1) is 12.3. The van der Waals surface area contributed by atoms with Crippen molar-refractivity contribution in [2.75, 3.05) is 25.9 Å². The summed E-state index contributed by atoms with van der Waals surface area (Å²) in [7, 11) is -3.39. The van der Waals surface area contributed by atoms with Crippen LogP contribution in [0.4, 0.5) is 4.39 Å².